The molecule has 0 bridgehead atoms. The fourth-order valence-electron chi connectivity index (χ4n) is 1.71. The van der Waals surface area contributed by atoms with Gasteiger partial charge in [-0.1, -0.05) is 0 Å². The Kier molecular flexibility index (Phi) is 3.64. The van der Waals surface area contributed by atoms with Crippen molar-refractivity contribution >= 4 is 16.2 Å². The van der Waals surface area contributed by atoms with E-state index in [2.05, 4.69) is 9.72 Å². The number of imidazole rings is 1. The molecule has 19 heavy (non-hydrogen) atoms. The second-order valence-corrected chi connectivity index (χ2v) is 6.80. The maximum Gasteiger partial charge on any atom is 0.375 e. The van der Waals surface area contributed by atoms with Gasteiger partial charge in [-0.25, -0.2) is 13.8 Å². The molecule has 0 unspecified atom stereocenters. The normalized spacial score (nSPS) is 15.8. The maximum atomic E-state index is 12.1. The van der Waals surface area contributed by atoms with Crippen LogP contribution in [0.15, 0.2) is 6.20 Å². The average Bonchev–Trinajstić information content (AvgIpc) is 3.04. The molecule has 0 aromatic carbocycles. The smallest absolute Gasteiger partial charge is 0.375 e. The van der Waals surface area contributed by atoms with Crippen LogP contribution in [0.25, 0.3) is 0 Å². The lowest BCUT2D eigenvalue weighted by Gasteiger charge is -2.13. The summed E-state index contributed by atoms with van der Waals surface area (Å²) in [6.07, 6.45) is 4.35. The zero-order valence-corrected chi connectivity index (χ0v) is 12.0. The van der Waals surface area contributed by atoms with Crippen LogP contribution < -0.4 is 0 Å². The highest BCUT2D eigenvalue weighted by Gasteiger charge is 2.29. The highest BCUT2D eigenvalue weighted by atomic mass is 32.2. The molecule has 1 aromatic heterocycles. The molecule has 1 fully saturated rings. The fraction of sp³-hybridized carbons (Fsp3) is 0.636. The van der Waals surface area contributed by atoms with Gasteiger partial charge in [0, 0.05) is 20.3 Å². The molecule has 0 atom stereocenters. The van der Waals surface area contributed by atoms with E-state index in [4.69, 9.17) is 0 Å². The number of carbonyl (C=O) groups is 1. The third-order valence-corrected chi connectivity index (χ3v) is 4.70. The highest BCUT2D eigenvalue weighted by Crippen LogP contribution is 2.32. The van der Waals surface area contributed by atoms with E-state index in [-0.39, 0.29) is 5.82 Å². The molecule has 1 aliphatic rings. The molecular formula is C11H17N3O4S. The highest BCUT2D eigenvalue weighted by molar-refractivity contribution is 7.87. The van der Waals surface area contributed by atoms with Gasteiger partial charge in [0.25, 0.3) is 0 Å². The van der Waals surface area contributed by atoms with Crippen molar-refractivity contribution in [1.29, 1.82) is 0 Å². The Labute approximate surface area is 112 Å². The lowest BCUT2D eigenvalue weighted by atomic mass is 10.2. The van der Waals surface area contributed by atoms with E-state index in [0.717, 1.165) is 21.1 Å². The number of nitrogens with zero attached hydrogens (tertiary/aromatic N) is 3. The molecule has 1 aliphatic carbocycles. The van der Waals surface area contributed by atoms with Crippen LogP contribution in [0.4, 0.5) is 0 Å². The van der Waals surface area contributed by atoms with E-state index in [1.54, 1.807) is 0 Å². The molecule has 0 spiro atoms. The summed E-state index contributed by atoms with van der Waals surface area (Å²) in [6.45, 7) is 0. The Morgan fingerprint density at radius 2 is 2.16 bits per heavy atom. The zero-order valence-electron chi connectivity index (χ0n) is 11.2. The van der Waals surface area contributed by atoms with E-state index >= 15 is 0 Å². The van der Waals surface area contributed by atoms with E-state index in [0.29, 0.717) is 18.0 Å². The number of rotatable bonds is 5. The lowest BCUT2D eigenvalue weighted by molar-refractivity contribution is 0.0585. The van der Waals surface area contributed by atoms with Gasteiger partial charge in [-0.05, 0) is 25.2 Å². The van der Waals surface area contributed by atoms with Crippen molar-refractivity contribution in [2.75, 3.05) is 21.2 Å². The molecule has 1 aromatic rings. The number of hydrogen-bond donors (Lipinski definition) is 0. The largest absolute Gasteiger partial charge is 0.463 e. The van der Waals surface area contributed by atoms with Crippen molar-refractivity contribution in [3.8, 4) is 0 Å². The molecular weight excluding hydrogens is 270 g/mol. The predicted octanol–water partition coefficient (Wildman–Crippen LogP) is 0.277. The molecule has 8 heteroatoms. The molecule has 1 heterocycles. The van der Waals surface area contributed by atoms with Crippen LogP contribution in [-0.2, 0) is 21.4 Å². The molecule has 7 nitrogen and oxygen atoms in total. The van der Waals surface area contributed by atoms with Crippen molar-refractivity contribution < 1.29 is 17.9 Å². The van der Waals surface area contributed by atoms with E-state index in [9.17, 15) is 13.2 Å². The first kappa shape index (κ1) is 14.0. The number of aromatic nitrogens is 2. The molecule has 106 valence electrons. The Hall–Kier alpha value is -1.41. The van der Waals surface area contributed by atoms with Gasteiger partial charge < -0.3 is 4.74 Å². The van der Waals surface area contributed by atoms with Crippen molar-refractivity contribution in [2.45, 2.75) is 19.3 Å². The number of esters is 1. The Bertz CT molecular complexity index is 587. The number of carbonyl (C=O) groups excluding carboxylic acids is 1. The molecule has 0 aliphatic heterocycles. The Morgan fingerprint density at radius 3 is 2.63 bits per heavy atom. The van der Waals surface area contributed by atoms with Crippen LogP contribution >= 0.6 is 0 Å². The van der Waals surface area contributed by atoms with Crippen molar-refractivity contribution in [2.24, 2.45) is 5.92 Å². The minimum atomic E-state index is -3.77. The summed E-state index contributed by atoms with van der Waals surface area (Å²) < 4.78 is 30.8. The second-order valence-electron chi connectivity index (χ2n) is 4.78. The van der Waals surface area contributed by atoms with E-state index < -0.39 is 16.2 Å². The zero-order chi connectivity index (χ0) is 14.2. The first-order valence-corrected chi connectivity index (χ1v) is 7.35. The number of ether oxygens (including phenoxy) is 1. The summed E-state index contributed by atoms with van der Waals surface area (Å²) in [5, 5.41) is 0. The Morgan fingerprint density at radius 1 is 1.53 bits per heavy atom. The third kappa shape index (κ3) is 2.79. The lowest BCUT2D eigenvalue weighted by Crippen LogP contribution is -2.31. The second kappa shape index (κ2) is 4.93. The minimum absolute atomic E-state index is 0.202. The summed E-state index contributed by atoms with van der Waals surface area (Å²) in [5.74, 6) is -0.407. The summed E-state index contributed by atoms with van der Waals surface area (Å²) in [6, 6.07) is 0. The molecule has 1 saturated carbocycles. The first-order valence-electron chi connectivity index (χ1n) is 5.96. The SMILES string of the molecule is COC(=O)c1nc(CC2CC2)cn1S(=O)(=O)N(C)C. The van der Waals surface area contributed by atoms with Crippen LogP contribution in [0.1, 0.15) is 29.2 Å². The van der Waals surface area contributed by atoms with Crippen LogP contribution in [0, 0.1) is 5.92 Å². The summed E-state index contributed by atoms with van der Waals surface area (Å²) in [7, 11) is 0.228. The van der Waals surface area contributed by atoms with Gasteiger partial charge in [0.1, 0.15) is 0 Å². The van der Waals surface area contributed by atoms with Gasteiger partial charge in [-0.15, -0.1) is 0 Å². The van der Waals surface area contributed by atoms with Gasteiger partial charge in [0.05, 0.1) is 12.8 Å². The van der Waals surface area contributed by atoms with Crippen molar-refractivity contribution in [1.82, 2.24) is 13.3 Å². The minimum Gasteiger partial charge on any atom is -0.463 e. The quantitative estimate of drug-likeness (QED) is 0.726. The van der Waals surface area contributed by atoms with Crippen LogP contribution in [0.3, 0.4) is 0 Å². The van der Waals surface area contributed by atoms with Crippen LogP contribution in [0.5, 0.6) is 0 Å². The van der Waals surface area contributed by atoms with Gasteiger partial charge in [-0.2, -0.15) is 12.7 Å². The molecule has 2 rings (SSSR count). The predicted molar refractivity (Wildman–Crippen MR) is 68.0 cm³/mol. The number of hydrogen-bond acceptors (Lipinski definition) is 5. The first-order chi connectivity index (χ1) is 8.86. The van der Waals surface area contributed by atoms with Crippen molar-refractivity contribution in [3.05, 3.63) is 17.7 Å². The van der Waals surface area contributed by atoms with Gasteiger partial charge in [0.15, 0.2) is 0 Å². The molecule has 0 radical (unpaired) electrons. The average molecular weight is 287 g/mol. The van der Waals surface area contributed by atoms with Gasteiger partial charge in [-0.3, -0.25) is 0 Å². The van der Waals surface area contributed by atoms with Gasteiger partial charge in [0.2, 0.25) is 5.82 Å². The van der Waals surface area contributed by atoms with Crippen molar-refractivity contribution in [3.63, 3.8) is 0 Å². The summed E-state index contributed by atoms with van der Waals surface area (Å²) in [5.41, 5.74) is 0.605. The van der Waals surface area contributed by atoms with E-state index in [1.165, 1.54) is 27.4 Å². The molecule has 0 amide bonds. The third-order valence-electron chi connectivity index (χ3n) is 3.00. The topological polar surface area (TPSA) is 81.5 Å². The summed E-state index contributed by atoms with van der Waals surface area (Å²) >= 11 is 0. The fourth-order valence-corrected chi connectivity index (χ4v) is 2.65. The maximum absolute atomic E-state index is 12.1. The standard InChI is InChI=1S/C11H17N3O4S/c1-13(2)19(16,17)14-7-9(6-8-4-5-8)12-10(14)11(15)18-3/h7-8H,4-6H2,1-3H3. The molecule has 0 saturated heterocycles. The monoisotopic (exact) mass is 287 g/mol. The Balaban J connectivity index is 2.44. The van der Waals surface area contributed by atoms with Crippen LogP contribution in [-0.4, -0.2) is 48.9 Å². The molecule has 0 N–H and O–H groups in total. The van der Waals surface area contributed by atoms with Crippen LogP contribution in [0.2, 0.25) is 0 Å². The number of methoxy groups -OCH3 is 1. The van der Waals surface area contributed by atoms with Gasteiger partial charge >= 0.3 is 16.2 Å². The summed E-state index contributed by atoms with van der Waals surface area (Å²) in [4.78, 5) is 15.7. The van der Waals surface area contributed by atoms with E-state index in [1.807, 2.05) is 0 Å².